The van der Waals surface area contributed by atoms with Gasteiger partial charge in [-0.15, -0.1) is 0 Å². The summed E-state index contributed by atoms with van der Waals surface area (Å²) < 4.78 is 10.1. The Morgan fingerprint density at radius 3 is 3.00 bits per heavy atom. The Bertz CT molecular complexity index is 178. The molecule has 0 bridgehead atoms. The first kappa shape index (κ1) is 11.5. The lowest BCUT2D eigenvalue weighted by molar-refractivity contribution is -0.141. The second-order valence-electron chi connectivity index (χ2n) is 3.72. The van der Waals surface area contributed by atoms with Crippen molar-refractivity contribution in [2.45, 2.75) is 25.4 Å². The highest BCUT2D eigenvalue weighted by Gasteiger charge is 2.17. The van der Waals surface area contributed by atoms with Crippen molar-refractivity contribution in [1.82, 2.24) is 4.90 Å². The molecule has 1 atom stereocenters. The molecule has 1 heterocycles. The lowest BCUT2D eigenvalue weighted by Crippen LogP contribution is -2.30. The van der Waals surface area contributed by atoms with Crippen LogP contribution in [0, 0.1) is 0 Å². The Morgan fingerprint density at radius 1 is 1.64 bits per heavy atom. The van der Waals surface area contributed by atoms with E-state index in [1.807, 2.05) is 7.05 Å². The van der Waals surface area contributed by atoms with Gasteiger partial charge in [-0.3, -0.25) is 4.79 Å². The average Bonchev–Trinajstić information content (AvgIpc) is 2.66. The lowest BCUT2D eigenvalue weighted by atomic mass is 10.2. The SMILES string of the molecule is COC(=O)CCN(C)CC1CCCO1. The standard InChI is InChI=1S/C10H19NO3/c1-11(6-5-10(12)13-2)8-9-4-3-7-14-9/h9H,3-8H2,1-2H3. The topological polar surface area (TPSA) is 38.8 Å². The molecule has 0 aromatic heterocycles. The van der Waals surface area contributed by atoms with Crippen molar-refractivity contribution < 1.29 is 14.3 Å². The van der Waals surface area contributed by atoms with Gasteiger partial charge in [-0.05, 0) is 19.9 Å². The van der Waals surface area contributed by atoms with Crippen LogP contribution in [0.15, 0.2) is 0 Å². The molecule has 0 radical (unpaired) electrons. The second-order valence-corrected chi connectivity index (χ2v) is 3.72. The molecule has 0 aromatic rings. The van der Waals surface area contributed by atoms with Gasteiger partial charge >= 0.3 is 5.97 Å². The quantitative estimate of drug-likeness (QED) is 0.612. The summed E-state index contributed by atoms with van der Waals surface area (Å²) in [5.41, 5.74) is 0. The monoisotopic (exact) mass is 201 g/mol. The molecule has 0 aliphatic carbocycles. The maximum Gasteiger partial charge on any atom is 0.306 e. The highest BCUT2D eigenvalue weighted by atomic mass is 16.5. The van der Waals surface area contributed by atoms with E-state index < -0.39 is 0 Å². The summed E-state index contributed by atoms with van der Waals surface area (Å²) in [7, 11) is 3.42. The van der Waals surface area contributed by atoms with E-state index in [1.165, 1.54) is 7.11 Å². The molecule has 0 amide bonds. The second kappa shape index (κ2) is 5.98. The normalized spacial score (nSPS) is 21.5. The van der Waals surface area contributed by atoms with Gasteiger partial charge in [0.25, 0.3) is 0 Å². The molecule has 1 unspecified atom stereocenters. The third kappa shape index (κ3) is 4.07. The molecule has 0 saturated carbocycles. The van der Waals surface area contributed by atoms with E-state index in [0.29, 0.717) is 12.5 Å². The number of hydrogen-bond donors (Lipinski definition) is 0. The van der Waals surface area contributed by atoms with E-state index in [9.17, 15) is 4.79 Å². The van der Waals surface area contributed by atoms with Gasteiger partial charge in [-0.25, -0.2) is 0 Å². The number of hydrogen-bond acceptors (Lipinski definition) is 4. The van der Waals surface area contributed by atoms with Crippen molar-refractivity contribution in [2.75, 3.05) is 33.9 Å². The summed E-state index contributed by atoms with van der Waals surface area (Å²) in [5.74, 6) is -0.149. The fourth-order valence-corrected chi connectivity index (χ4v) is 1.61. The zero-order valence-corrected chi connectivity index (χ0v) is 8.99. The predicted octanol–water partition coefficient (Wildman–Crippen LogP) is 0.660. The summed E-state index contributed by atoms with van der Waals surface area (Å²) in [6.45, 7) is 2.54. The smallest absolute Gasteiger partial charge is 0.306 e. The van der Waals surface area contributed by atoms with Crippen molar-refractivity contribution in [3.8, 4) is 0 Å². The molecule has 4 nitrogen and oxygen atoms in total. The number of carbonyl (C=O) groups excluding carboxylic acids is 1. The Kier molecular flexibility index (Phi) is 4.90. The van der Waals surface area contributed by atoms with Crippen molar-refractivity contribution in [2.24, 2.45) is 0 Å². The first-order valence-corrected chi connectivity index (χ1v) is 5.09. The van der Waals surface area contributed by atoms with Gasteiger partial charge in [0.1, 0.15) is 0 Å². The zero-order chi connectivity index (χ0) is 10.4. The number of methoxy groups -OCH3 is 1. The van der Waals surface area contributed by atoms with Crippen molar-refractivity contribution in [3.63, 3.8) is 0 Å². The van der Waals surface area contributed by atoms with E-state index in [1.54, 1.807) is 0 Å². The van der Waals surface area contributed by atoms with E-state index in [4.69, 9.17) is 4.74 Å². The van der Waals surface area contributed by atoms with E-state index in [0.717, 1.165) is 32.5 Å². The number of esters is 1. The van der Waals surface area contributed by atoms with E-state index >= 15 is 0 Å². The Balaban J connectivity index is 2.08. The fraction of sp³-hybridized carbons (Fsp3) is 0.900. The van der Waals surface area contributed by atoms with Crippen LogP contribution in [0.5, 0.6) is 0 Å². The maximum atomic E-state index is 10.9. The van der Waals surface area contributed by atoms with E-state index in [2.05, 4.69) is 9.64 Å². The highest BCUT2D eigenvalue weighted by Crippen LogP contribution is 2.12. The first-order chi connectivity index (χ1) is 6.72. The third-order valence-electron chi connectivity index (χ3n) is 2.46. The summed E-state index contributed by atoms with van der Waals surface area (Å²) in [4.78, 5) is 13.0. The van der Waals surface area contributed by atoms with Crippen LogP contribution >= 0.6 is 0 Å². The van der Waals surface area contributed by atoms with Gasteiger partial charge in [0, 0.05) is 19.7 Å². The molecule has 1 aliphatic heterocycles. The molecule has 1 fully saturated rings. The number of carbonyl (C=O) groups is 1. The van der Waals surface area contributed by atoms with Crippen LogP contribution < -0.4 is 0 Å². The number of nitrogens with zero attached hydrogens (tertiary/aromatic N) is 1. The minimum absolute atomic E-state index is 0.149. The Morgan fingerprint density at radius 2 is 2.43 bits per heavy atom. The fourth-order valence-electron chi connectivity index (χ4n) is 1.61. The van der Waals surface area contributed by atoms with Crippen molar-refractivity contribution in [1.29, 1.82) is 0 Å². The molecule has 4 heteroatoms. The summed E-state index contributed by atoms with van der Waals surface area (Å²) in [5, 5.41) is 0. The number of likely N-dealkylation sites (N-methyl/N-ethyl adjacent to an activating group) is 1. The molecule has 1 aliphatic rings. The van der Waals surface area contributed by atoms with Crippen molar-refractivity contribution in [3.05, 3.63) is 0 Å². The van der Waals surface area contributed by atoms with Gasteiger partial charge in [-0.1, -0.05) is 0 Å². The molecule has 0 N–H and O–H groups in total. The van der Waals surface area contributed by atoms with Crippen LogP contribution in [-0.2, 0) is 14.3 Å². The van der Waals surface area contributed by atoms with Gasteiger partial charge in [-0.2, -0.15) is 0 Å². The third-order valence-corrected chi connectivity index (χ3v) is 2.46. The maximum absolute atomic E-state index is 10.9. The molecule has 0 spiro atoms. The summed E-state index contributed by atoms with van der Waals surface area (Å²) >= 11 is 0. The highest BCUT2D eigenvalue weighted by molar-refractivity contribution is 5.69. The van der Waals surface area contributed by atoms with Crippen molar-refractivity contribution >= 4 is 5.97 Å². The predicted molar refractivity (Wildman–Crippen MR) is 53.1 cm³/mol. The minimum atomic E-state index is -0.149. The molecule has 1 saturated heterocycles. The van der Waals surface area contributed by atoms with Gasteiger partial charge in [0.15, 0.2) is 0 Å². The molecule has 1 rings (SSSR count). The van der Waals surface area contributed by atoms with Crippen LogP contribution in [0.25, 0.3) is 0 Å². The van der Waals surface area contributed by atoms with Gasteiger partial charge in [0.2, 0.25) is 0 Å². The van der Waals surface area contributed by atoms with Crippen LogP contribution in [-0.4, -0.2) is 50.8 Å². The van der Waals surface area contributed by atoms with E-state index in [-0.39, 0.29) is 5.97 Å². The largest absolute Gasteiger partial charge is 0.469 e. The molecular formula is C10H19NO3. The van der Waals surface area contributed by atoms with Crippen LogP contribution in [0.1, 0.15) is 19.3 Å². The summed E-state index contributed by atoms with van der Waals surface area (Å²) in [6.07, 6.45) is 3.12. The van der Waals surface area contributed by atoms with Crippen LogP contribution in [0.3, 0.4) is 0 Å². The molecule has 0 aromatic carbocycles. The first-order valence-electron chi connectivity index (χ1n) is 5.09. The number of rotatable bonds is 5. The molecule has 14 heavy (non-hydrogen) atoms. The minimum Gasteiger partial charge on any atom is -0.469 e. The van der Waals surface area contributed by atoms with Crippen LogP contribution in [0.2, 0.25) is 0 Å². The molecule has 82 valence electrons. The van der Waals surface area contributed by atoms with Gasteiger partial charge in [0.05, 0.1) is 19.6 Å². The lowest BCUT2D eigenvalue weighted by Gasteiger charge is -2.19. The number of ether oxygens (including phenoxy) is 2. The Hall–Kier alpha value is -0.610. The van der Waals surface area contributed by atoms with Crippen LogP contribution in [0.4, 0.5) is 0 Å². The average molecular weight is 201 g/mol. The Labute approximate surface area is 85.2 Å². The zero-order valence-electron chi connectivity index (χ0n) is 8.99. The summed E-state index contributed by atoms with van der Waals surface area (Å²) in [6, 6.07) is 0. The molecular weight excluding hydrogens is 182 g/mol. The van der Waals surface area contributed by atoms with Gasteiger partial charge < -0.3 is 14.4 Å².